The van der Waals surface area contributed by atoms with E-state index in [4.69, 9.17) is 11.6 Å². The molecule has 1 saturated heterocycles. The van der Waals surface area contributed by atoms with Crippen LogP contribution in [0.5, 0.6) is 0 Å². The highest BCUT2D eigenvalue weighted by atomic mass is 35.5. The summed E-state index contributed by atoms with van der Waals surface area (Å²) in [6, 6.07) is 7.67. The molecule has 0 amide bonds. The maximum absolute atomic E-state index is 13.5. The standard InChI is InChI=1S/C22H29ClN2O4S2/c1-15-10-12-25(13-11-15)31(28,29)22-17(3)14-16(2)21(18(22)4)24(5)30(26,27)20-8-6-19(23)7-9-20/h6-9,14-15H,10-13H2,1-5H3. The van der Waals surface area contributed by atoms with Gasteiger partial charge in [0.2, 0.25) is 10.0 Å². The van der Waals surface area contributed by atoms with E-state index >= 15 is 0 Å². The quantitative estimate of drug-likeness (QED) is 0.625. The SMILES string of the molecule is Cc1cc(C)c(S(=O)(=O)N2CCC(C)CC2)c(C)c1N(C)S(=O)(=O)c1ccc(Cl)cc1. The van der Waals surface area contributed by atoms with Gasteiger partial charge in [-0.1, -0.05) is 24.6 Å². The highest BCUT2D eigenvalue weighted by molar-refractivity contribution is 7.92. The van der Waals surface area contributed by atoms with Crippen molar-refractivity contribution in [3.63, 3.8) is 0 Å². The molecule has 0 N–H and O–H groups in total. The molecule has 0 spiro atoms. The minimum absolute atomic E-state index is 0.0909. The van der Waals surface area contributed by atoms with Crippen molar-refractivity contribution >= 4 is 37.3 Å². The van der Waals surface area contributed by atoms with Gasteiger partial charge in [-0.05, 0) is 80.5 Å². The van der Waals surface area contributed by atoms with Crippen LogP contribution in [0.2, 0.25) is 5.02 Å². The second-order valence-corrected chi connectivity index (χ2v) is 12.6. The number of rotatable bonds is 5. The summed E-state index contributed by atoms with van der Waals surface area (Å²) in [7, 11) is -6.18. The lowest BCUT2D eigenvalue weighted by Gasteiger charge is -2.32. The minimum atomic E-state index is -3.89. The maximum Gasteiger partial charge on any atom is 0.264 e. The average molecular weight is 485 g/mol. The van der Waals surface area contributed by atoms with Gasteiger partial charge in [-0.2, -0.15) is 4.31 Å². The second-order valence-electron chi connectivity index (χ2n) is 8.33. The summed E-state index contributed by atoms with van der Waals surface area (Å²) in [4.78, 5) is 0.286. The molecule has 0 aliphatic carbocycles. The number of anilines is 1. The van der Waals surface area contributed by atoms with Gasteiger partial charge in [-0.25, -0.2) is 16.8 Å². The van der Waals surface area contributed by atoms with Gasteiger partial charge in [0.05, 0.1) is 15.5 Å². The summed E-state index contributed by atoms with van der Waals surface area (Å²) in [5, 5.41) is 0.438. The Labute approximate surface area is 190 Å². The van der Waals surface area contributed by atoms with Gasteiger partial charge in [-0.3, -0.25) is 4.31 Å². The molecule has 3 rings (SSSR count). The minimum Gasteiger partial charge on any atom is -0.269 e. The van der Waals surface area contributed by atoms with E-state index in [9.17, 15) is 16.8 Å². The van der Waals surface area contributed by atoms with Crippen molar-refractivity contribution in [2.75, 3.05) is 24.4 Å². The van der Waals surface area contributed by atoms with Crippen molar-refractivity contribution in [2.45, 2.75) is 50.3 Å². The molecule has 6 nitrogen and oxygen atoms in total. The summed E-state index contributed by atoms with van der Waals surface area (Å²) in [5.74, 6) is 0.498. The van der Waals surface area contributed by atoms with Gasteiger partial charge in [0.1, 0.15) is 0 Å². The first-order valence-corrected chi connectivity index (χ1v) is 13.5. The molecule has 0 aromatic heterocycles. The molecular weight excluding hydrogens is 456 g/mol. The van der Waals surface area contributed by atoms with Gasteiger partial charge >= 0.3 is 0 Å². The zero-order valence-corrected chi connectivity index (χ0v) is 20.9. The van der Waals surface area contributed by atoms with Crippen molar-refractivity contribution in [3.8, 4) is 0 Å². The molecule has 0 unspecified atom stereocenters. The summed E-state index contributed by atoms with van der Waals surface area (Å²) in [5.41, 5.74) is 2.14. The summed E-state index contributed by atoms with van der Waals surface area (Å²) in [6.45, 7) is 8.32. The van der Waals surface area contributed by atoms with Crippen molar-refractivity contribution in [1.29, 1.82) is 0 Å². The van der Waals surface area contributed by atoms with Crippen LogP contribution < -0.4 is 4.31 Å². The Morgan fingerprint density at radius 3 is 2.06 bits per heavy atom. The molecule has 0 atom stereocenters. The summed E-state index contributed by atoms with van der Waals surface area (Å²) < 4.78 is 56.2. The average Bonchev–Trinajstić information content (AvgIpc) is 2.67. The number of piperidine rings is 1. The van der Waals surface area contributed by atoms with Crippen molar-refractivity contribution in [1.82, 2.24) is 4.31 Å². The Hall–Kier alpha value is -1.61. The van der Waals surface area contributed by atoms with Crippen LogP contribution in [0.3, 0.4) is 0 Å². The number of benzene rings is 2. The highest BCUT2D eigenvalue weighted by Gasteiger charge is 2.33. The van der Waals surface area contributed by atoms with Crippen LogP contribution in [-0.2, 0) is 20.0 Å². The maximum atomic E-state index is 13.5. The number of hydrogen-bond acceptors (Lipinski definition) is 4. The van der Waals surface area contributed by atoms with Gasteiger partial charge in [-0.15, -0.1) is 0 Å². The lowest BCUT2D eigenvalue weighted by atomic mass is 10.0. The van der Waals surface area contributed by atoms with Gasteiger partial charge < -0.3 is 0 Å². The molecule has 0 saturated carbocycles. The van der Waals surface area contributed by atoms with Gasteiger partial charge in [0.15, 0.2) is 0 Å². The summed E-state index contributed by atoms with van der Waals surface area (Å²) in [6.07, 6.45) is 1.64. The predicted octanol–water partition coefficient (Wildman–Crippen LogP) is 4.51. The van der Waals surface area contributed by atoms with Crippen molar-refractivity contribution in [2.24, 2.45) is 5.92 Å². The van der Waals surface area contributed by atoms with E-state index in [2.05, 4.69) is 6.92 Å². The molecule has 170 valence electrons. The van der Waals surface area contributed by atoms with Crippen LogP contribution in [-0.4, -0.2) is 41.3 Å². The van der Waals surface area contributed by atoms with Crippen LogP contribution in [0.1, 0.15) is 36.5 Å². The molecule has 1 aliphatic heterocycles. The first-order chi connectivity index (χ1) is 14.4. The monoisotopic (exact) mass is 484 g/mol. The third-order valence-electron chi connectivity index (χ3n) is 5.99. The zero-order valence-electron chi connectivity index (χ0n) is 18.5. The third-order valence-corrected chi connectivity index (χ3v) is 10.2. The molecule has 0 bridgehead atoms. The molecule has 1 heterocycles. The number of aryl methyl sites for hydroxylation is 2. The van der Waals surface area contributed by atoms with Crippen LogP contribution in [0.15, 0.2) is 40.1 Å². The normalized spacial score (nSPS) is 16.5. The second kappa shape index (κ2) is 8.73. The number of sulfonamides is 2. The van der Waals surface area contributed by atoms with E-state index in [1.165, 1.54) is 35.6 Å². The van der Waals surface area contributed by atoms with E-state index in [0.717, 1.165) is 17.1 Å². The summed E-state index contributed by atoms with van der Waals surface area (Å²) >= 11 is 5.90. The Bertz CT molecular complexity index is 1190. The molecule has 1 aliphatic rings. The van der Waals surface area contributed by atoms with Crippen molar-refractivity contribution in [3.05, 3.63) is 52.0 Å². The number of hydrogen-bond donors (Lipinski definition) is 0. The lowest BCUT2D eigenvalue weighted by molar-refractivity contribution is 0.288. The smallest absolute Gasteiger partial charge is 0.264 e. The fourth-order valence-corrected chi connectivity index (χ4v) is 7.62. The zero-order chi connectivity index (χ0) is 23.1. The van der Waals surface area contributed by atoms with Gasteiger partial charge in [0.25, 0.3) is 10.0 Å². The highest BCUT2D eigenvalue weighted by Crippen LogP contribution is 2.37. The molecular formula is C22H29ClN2O4S2. The lowest BCUT2D eigenvalue weighted by Crippen LogP contribution is -2.38. The van der Waals surface area contributed by atoms with E-state index in [1.54, 1.807) is 26.8 Å². The predicted molar refractivity (Wildman–Crippen MR) is 125 cm³/mol. The first-order valence-electron chi connectivity index (χ1n) is 10.2. The molecule has 31 heavy (non-hydrogen) atoms. The van der Waals surface area contributed by atoms with Gasteiger partial charge in [0, 0.05) is 25.2 Å². The van der Waals surface area contributed by atoms with Crippen molar-refractivity contribution < 1.29 is 16.8 Å². The van der Waals surface area contributed by atoms with Crippen LogP contribution in [0.4, 0.5) is 5.69 Å². The fourth-order valence-electron chi connectivity index (χ4n) is 4.28. The van der Waals surface area contributed by atoms with Crippen LogP contribution in [0, 0.1) is 26.7 Å². The molecule has 0 radical (unpaired) electrons. The Balaban J connectivity index is 2.11. The molecule has 9 heteroatoms. The topological polar surface area (TPSA) is 74.8 Å². The largest absolute Gasteiger partial charge is 0.269 e. The van der Waals surface area contributed by atoms with E-state index < -0.39 is 20.0 Å². The molecule has 2 aromatic carbocycles. The molecule has 2 aromatic rings. The fraction of sp³-hybridized carbons (Fsp3) is 0.455. The van der Waals surface area contributed by atoms with Crippen LogP contribution >= 0.6 is 11.6 Å². The van der Waals surface area contributed by atoms with E-state index in [0.29, 0.717) is 46.4 Å². The number of halogens is 1. The molecule has 1 fully saturated rings. The Morgan fingerprint density at radius 1 is 0.968 bits per heavy atom. The Morgan fingerprint density at radius 2 is 1.52 bits per heavy atom. The van der Waals surface area contributed by atoms with E-state index in [1.807, 2.05) is 0 Å². The first kappa shape index (κ1) is 24.0. The van der Waals surface area contributed by atoms with E-state index in [-0.39, 0.29) is 9.79 Å². The Kier molecular flexibility index (Phi) is 6.77. The van der Waals surface area contributed by atoms with Crippen LogP contribution in [0.25, 0.3) is 0 Å². The number of nitrogens with zero attached hydrogens (tertiary/aromatic N) is 2. The third kappa shape index (κ3) is 4.49.